The third-order valence-electron chi connectivity index (χ3n) is 1.55. The van der Waals surface area contributed by atoms with Crippen LogP contribution in [-0.4, -0.2) is 16.0 Å². The lowest BCUT2D eigenvalue weighted by Crippen LogP contribution is -1.97. The smallest absolute Gasteiger partial charge is 0.220 e. The van der Waals surface area contributed by atoms with Crippen molar-refractivity contribution >= 4 is 28.4 Å². The molecule has 76 valence electrons. The molecule has 14 heavy (non-hydrogen) atoms. The first-order chi connectivity index (χ1) is 6.72. The highest BCUT2D eigenvalue weighted by Crippen LogP contribution is 2.13. The van der Waals surface area contributed by atoms with Gasteiger partial charge in [-0.15, -0.1) is 0 Å². The van der Waals surface area contributed by atoms with Crippen LogP contribution < -0.4 is 0 Å². The minimum Gasteiger partial charge on any atom is -0.479 e. The number of aryl methyl sites for hydroxylation is 1. The predicted octanol–water partition coefficient (Wildman–Crippen LogP) is 2.94. The summed E-state index contributed by atoms with van der Waals surface area (Å²) in [5.41, 5.74) is 2.07. The summed E-state index contributed by atoms with van der Waals surface area (Å²) in [5.74, 6) is 0.778. The Morgan fingerprint density at radius 3 is 3.00 bits per heavy atom. The zero-order valence-corrected chi connectivity index (χ0v) is 9.95. The standard InChI is InChI=1S/C10H13NOS2/c1-3-12-10(13)14-7-9-6-4-5-8(2)11-9/h4-6H,3,7H2,1-2H3. The molecule has 0 amide bonds. The van der Waals surface area contributed by atoms with Crippen molar-refractivity contribution in [3.8, 4) is 0 Å². The van der Waals surface area contributed by atoms with E-state index < -0.39 is 0 Å². The Kier molecular flexibility index (Phi) is 4.90. The van der Waals surface area contributed by atoms with Crippen LogP contribution in [0.1, 0.15) is 18.3 Å². The summed E-state index contributed by atoms with van der Waals surface area (Å²) in [4.78, 5) is 4.37. The molecule has 1 heterocycles. The highest BCUT2D eigenvalue weighted by atomic mass is 32.2. The molecule has 0 aliphatic rings. The van der Waals surface area contributed by atoms with E-state index in [0.717, 1.165) is 17.1 Å². The fourth-order valence-corrected chi connectivity index (χ4v) is 1.89. The van der Waals surface area contributed by atoms with Crippen molar-refractivity contribution < 1.29 is 4.74 Å². The zero-order valence-electron chi connectivity index (χ0n) is 8.32. The summed E-state index contributed by atoms with van der Waals surface area (Å²) in [6.07, 6.45) is 0. The van der Waals surface area contributed by atoms with E-state index in [-0.39, 0.29) is 0 Å². The van der Waals surface area contributed by atoms with Gasteiger partial charge in [-0.2, -0.15) is 0 Å². The molecule has 0 saturated carbocycles. The first-order valence-electron chi connectivity index (χ1n) is 4.44. The number of aromatic nitrogens is 1. The molecule has 0 N–H and O–H groups in total. The van der Waals surface area contributed by atoms with Gasteiger partial charge in [0.25, 0.3) is 0 Å². The van der Waals surface area contributed by atoms with Crippen molar-refractivity contribution in [3.63, 3.8) is 0 Å². The van der Waals surface area contributed by atoms with Gasteiger partial charge in [0.1, 0.15) is 0 Å². The Balaban J connectivity index is 2.41. The Labute approximate surface area is 94.1 Å². The van der Waals surface area contributed by atoms with Gasteiger partial charge in [0.05, 0.1) is 12.3 Å². The molecule has 1 rings (SSSR count). The van der Waals surface area contributed by atoms with Gasteiger partial charge in [-0.05, 0) is 38.2 Å². The van der Waals surface area contributed by atoms with Gasteiger partial charge in [-0.1, -0.05) is 17.8 Å². The van der Waals surface area contributed by atoms with E-state index in [4.69, 9.17) is 17.0 Å². The third-order valence-corrected chi connectivity index (χ3v) is 2.81. The molecule has 0 bridgehead atoms. The van der Waals surface area contributed by atoms with Gasteiger partial charge in [-0.3, -0.25) is 4.98 Å². The maximum atomic E-state index is 5.16. The monoisotopic (exact) mass is 227 g/mol. The van der Waals surface area contributed by atoms with E-state index in [1.54, 1.807) is 0 Å². The molecular formula is C10H13NOS2. The number of rotatable bonds is 3. The van der Waals surface area contributed by atoms with Crippen molar-refractivity contribution in [2.75, 3.05) is 6.61 Å². The van der Waals surface area contributed by atoms with Crippen LogP contribution in [-0.2, 0) is 10.5 Å². The topological polar surface area (TPSA) is 22.1 Å². The maximum Gasteiger partial charge on any atom is 0.220 e. The van der Waals surface area contributed by atoms with Crippen LogP contribution in [0.3, 0.4) is 0 Å². The summed E-state index contributed by atoms with van der Waals surface area (Å²) in [5, 5.41) is 0. The molecular weight excluding hydrogens is 214 g/mol. The molecule has 0 fully saturated rings. The van der Waals surface area contributed by atoms with Crippen molar-refractivity contribution in [2.24, 2.45) is 0 Å². The molecule has 1 aromatic heterocycles. The minimum atomic E-state index is 0.593. The summed E-state index contributed by atoms with van der Waals surface area (Å²) < 4.78 is 5.75. The van der Waals surface area contributed by atoms with Crippen LogP contribution in [0.15, 0.2) is 18.2 Å². The van der Waals surface area contributed by atoms with Crippen molar-refractivity contribution in [3.05, 3.63) is 29.6 Å². The molecule has 0 saturated heterocycles. The molecule has 0 unspecified atom stereocenters. The molecule has 0 spiro atoms. The molecule has 0 aromatic carbocycles. The van der Waals surface area contributed by atoms with Gasteiger partial charge in [0, 0.05) is 11.4 Å². The van der Waals surface area contributed by atoms with E-state index >= 15 is 0 Å². The van der Waals surface area contributed by atoms with Gasteiger partial charge in [0.15, 0.2) is 0 Å². The summed E-state index contributed by atoms with van der Waals surface area (Å²) in [6.45, 7) is 4.54. The highest BCUT2D eigenvalue weighted by molar-refractivity contribution is 8.22. The fraction of sp³-hybridized carbons (Fsp3) is 0.400. The van der Waals surface area contributed by atoms with E-state index in [0.29, 0.717) is 11.0 Å². The Hall–Kier alpha value is -0.610. The van der Waals surface area contributed by atoms with Gasteiger partial charge >= 0.3 is 0 Å². The molecule has 0 aliphatic heterocycles. The first-order valence-corrected chi connectivity index (χ1v) is 5.84. The van der Waals surface area contributed by atoms with E-state index in [9.17, 15) is 0 Å². The van der Waals surface area contributed by atoms with Crippen molar-refractivity contribution in [1.82, 2.24) is 4.98 Å². The molecule has 2 nitrogen and oxygen atoms in total. The van der Waals surface area contributed by atoms with Crippen LogP contribution in [0.5, 0.6) is 0 Å². The normalized spacial score (nSPS) is 9.86. The number of thiocarbonyl (C=S) groups is 1. The fourth-order valence-electron chi connectivity index (χ4n) is 0.972. The van der Waals surface area contributed by atoms with Crippen LogP contribution in [0, 0.1) is 6.92 Å². The van der Waals surface area contributed by atoms with Crippen molar-refractivity contribution in [2.45, 2.75) is 19.6 Å². The molecule has 0 radical (unpaired) electrons. The second-order valence-electron chi connectivity index (χ2n) is 2.74. The van der Waals surface area contributed by atoms with E-state index in [1.165, 1.54) is 11.8 Å². The lowest BCUT2D eigenvalue weighted by molar-refractivity contribution is 0.346. The number of nitrogens with zero attached hydrogens (tertiary/aromatic N) is 1. The van der Waals surface area contributed by atoms with Crippen molar-refractivity contribution in [1.29, 1.82) is 0 Å². The molecule has 1 aromatic rings. The van der Waals surface area contributed by atoms with Crippen LogP contribution in [0.2, 0.25) is 0 Å². The average Bonchev–Trinajstić information content (AvgIpc) is 2.15. The van der Waals surface area contributed by atoms with Gasteiger partial charge in [-0.25, -0.2) is 0 Å². The second kappa shape index (κ2) is 5.98. The second-order valence-corrected chi connectivity index (χ2v) is 4.32. The quantitative estimate of drug-likeness (QED) is 0.740. The Bertz CT molecular complexity index is 315. The molecule has 4 heteroatoms. The number of pyridine rings is 1. The van der Waals surface area contributed by atoms with Crippen LogP contribution in [0.4, 0.5) is 0 Å². The van der Waals surface area contributed by atoms with Gasteiger partial charge < -0.3 is 4.74 Å². The largest absolute Gasteiger partial charge is 0.479 e. The van der Waals surface area contributed by atoms with Gasteiger partial charge in [0.2, 0.25) is 4.38 Å². The minimum absolute atomic E-state index is 0.593. The first kappa shape index (κ1) is 11.5. The predicted molar refractivity (Wildman–Crippen MR) is 64.5 cm³/mol. The summed E-state index contributed by atoms with van der Waals surface area (Å²) in [7, 11) is 0. The Morgan fingerprint density at radius 1 is 1.57 bits per heavy atom. The third kappa shape index (κ3) is 4.07. The van der Waals surface area contributed by atoms with E-state index in [2.05, 4.69) is 4.98 Å². The molecule has 0 aliphatic carbocycles. The lowest BCUT2D eigenvalue weighted by atomic mass is 10.3. The number of ether oxygens (including phenoxy) is 1. The lowest BCUT2D eigenvalue weighted by Gasteiger charge is -2.03. The summed E-state index contributed by atoms with van der Waals surface area (Å²) >= 11 is 6.51. The van der Waals surface area contributed by atoms with Crippen LogP contribution >= 0.6 is 24.0 Å². The highest BCUT2D eigenvalue weighted by Gasteiger charge is 2.00. The average molecular weight is 227 g/mol. The molecule has 0 atom stereocenters. The van der Waals surface area contributed by atoms with Crippen LogP contribution in [0.25, 0.3) is 0 Å². The SMILES string of the molecule is CCOC(=S)SCc1cccc(C)n1. The number of thioether (sulfide) groups is 1. The number of hydrogen-bond donors (Lipinski definition) is 0. The van der Waals surface area contributed by atoms with E-state index in [1.807, 2.05) is 32.0 Å². The summed E-state index contributed by atoms with van der Waals surface area (Å²) in [6, 6.07) is 5.98. The number of hydrogen-bond acceptors (Lipinski definition) is 4. The maximum absolute atomic E-state index is 5.16. The zero-order chi connectivity index (χ0) is 10.4. The Morgan fingerprint density at radius 2 is 2.36 bits per heavy atom.